The van der Waals surface area contributed by atoms with Crippen molar-refractivity contribution in [1.29, 1.82) is 0 Å². The number of ether oxygens (including phenoxy) is 1. The second-order valence-electron chi connectivity index (χ2n) is 4.90. The third-order valence-electron chi connectivity index (χ3n) is 3.40. The summed E-state index contributed by atoms with van der Waals surface area (Å²) >= 11 is 0. The van der Waals surface area contributed by atoms with Gasteiger partial charge in [-0.15, -0.1) is 0 Å². The lowest BCUT2D eigenvalue weighted by Gasteiger charge is -2.08. The molecule has 90 valence electrons. The average molecular weight is 231 g/mol. The first-order valence-corrected chi connectivity index (χ1v) is 6.34. The minimum atomic E-state index is 0.158. The fourth-order valence-corrected chi connectivity index (χ4v) is 2.19. The molecule has 3 nitrogen and oxygen atoms in total. The van der Waals surface area contributed by atoms with E-state index in [2.05, 4.69) is 5.32 Å². The molecule has 2 fully saturated rings. The fourth-order valence-electron chi connectivity index (χ4n) is 2.19. The predicted octanol–water partition coefficient (Wildman–Crippen LogP) is 2.02. The van der Waals surface area contributed by atoms with Crippen molar-refractivity contribution in [2.75, 3.05) is 13.1 Å². The van der Waals surface area contributed by atoms with Crippen molar-refractivity contribution in [2.45, 2.75) is 25.4 Å². The van der Waals surface area contributed by atoms with Crippen LogP contribution in [0, 0.1) is 5.92 Å². The summed E-state index contributed by atoms with van der Waals surface area (Å²) < 4.78 is 5.66. The first kappa shape index (κ1) is 10.8. The zero-order valence-electron chi connectivity index (χ0n) is 9.82. The van der Waals surface area contributed by atoms with Crippen molar-refractivity contribution in [2.24, 2.45) is 5.92 Å². The summed E-state index contributed by atoms with van der Waals surface area (Å²) in [6, 6.07) is 7.60. The molecule has 17 heavy (non-hydrogen) atoms. The highest BCUT2D eigenvalue weighted by molar-refractivity contribution is 5.98. The first-order chi connectivity index (χ1) is 8.33. The summed E-state index contributed by atoms with van der Waals surface area (Å²) in [7, 11) is 0. The van der Waals surface area contributed by atoms with Crippen molar-refractivity contribution in [3.05, 3.63) is 29.8 Å². The van der Waals surface area contributed by atoms with Crippen molar-refractivity contribution < 1.29 is 9.53 Å². The normalized spacial score (nSPS) is 23.6. The molecule has 0 amide bonds. The molecule has 1 atom stereocenters. The topological polar surface area (TPSA) is 38.3 Å². The molecule has 1 aromatic rings. The highest BCUT2D eigenvalue weighted by Crippen LogP contribution is 2.27. The molecule has 1 N–H and O–H groups in total. The Morgan fingerprint density at radius 1 is 1.18 bits per heavy atom. The Balaban J connectivity index is 1.67. The number of nitrogens with one attached hydrogen (secondary N) is 1. The van der Waals surface area contributed by atoms with E-state index in [9.17, 15) is 4.79 Å². The van der Waals surface area contributed by atoms with Crippen LogP contribution < -0.4 is 10.1 Å². The highest BCUT2D eigenvalue weighted by atomic mass is 16.5. The minimum absolute atomic E-state index is 0.158. The van der Waals surface area contributed by atoms with Gasteiger partial charge in [0.2, 0.25) is 0 Å². The van der Waals surface area contributed by atoms with Gasteiger partial charge in [0.15, 0.2) is 5.78 Å². The van der Waals surface area contributed by atoms with E-state index in [1.54, 1.807) is 0 Å². The second-order valence-corrected chi connectivity index (χ2v) is 4.90. The Morgan fingerprint density at radius 3 is 2.53 bits per heavy atom. The van der Waals surface area contributed by atoms with Crippen molar-refractivity contribution in [3.8, 4) is 5.75 Å². The molecule has 0 spiro atoms. The summed E-state index contributed by atoms with van der Waals surface area (Å²) in [6.07, 6.45) is 3.69. The van der Waals surface area contributed by atoms with E-state index < -0.39 is 0 Å². The summed E-state index contributed by atoms with van der Waals surface area (Å²) in [6.45, 7) is 1.78. The average Bonchev–Trinajstić information content (AvgIpc) is 3.00. The van der Waals surface area contributed by atoms with Gasteiger partial charge in [0, 0.05) is 18.0 Å². The maximum atomic E-state index is 12.1. The third kappa shape index (κ3) is 2.50. The molecule has 0 bridgehead atoms. The van der Waals surface area contributed by atoms with Crippen molar-refractivity contribution in [3.63, 3.8) is 0 Å². The number of rotatable bonds is 4. The Hall–Kier alpha value is -1.35. The van der Waals surface area contributed by atoms with Gasteiger partial charge in [-0.2, -0.15) is 0 Å². The van der Waals surface area contributed by atoms with Gasteiger partial charge < -0.3 is 10.1 Å². The molecule has 0 aromatic heterocycles. The molecule has 2 aliphatic rings. The molecule has 3 rings (SSSR count). The Bertz CT molecular complexity index is 403. The van der Waals surface area contributed by atoms with E-state index >= 15 is 0 Å². The van der Waals surface area contributed by atoms with Gasteiger partial charge in [-0.3, -0.25) is 4.79 Å². The second kappa shape index (κ2) is 4.49. The van der Waals surface area contributed by atoms with Crippen LogP contribution in [0.5, 0.6) is 5.75 Å². The molecule has 1 heterocycles. The molecule has 1 saturated heterocycles. The fraction of sp³-hybridized carbons (Fsp3) is 0.500. The quantitative estimate of drug-likeness (QED) is 0.806. The molecule has 1 aliphatic carbocycles. The van der Waals surface area contributed by atoms with Gasteiger partial charge in [0.05, 0.1) is 6.10 Å². The monoisotopic (exact) mass is 231 g/mol. The number of hydrogen-bond acceptors (Lipinski definition) is 3. The summed E-state index contributed by atoms with van der Waals surface area (Å²) in [5, 5.41) is 3.22. The summed E-state index contributed by atoms with van der Waals surface area (Å²) in [5.74, 6) is 1.30. The molecule has 1 saturated carbocycles. The number of Topliss-reactive ketones (excluding diaryl/α,β-unsaturated/α-hetero) is 1. The molecular formula is C14H17NO2. The van der Waals surface area contributed by atoms with Crippen LogP contribution in [0.1, 0.15) is 29.6 Å². The molecule has 1 aromatic carbocycles. The van der Waals surface area contributed by atoms with Crippen LogP contribution in [-0.4, -0.2) is 25.0 Å². The number of ketones is 1. The number of carbonyl (C=O) groups is 1. The van der Waals surface area contributed by atoms with Crippen LogP contribution in [0.25, 0.3) is 0 Å². The van der Waals surface area contributed by atoms with Gasteiger partial charge in [0.25, 0.3) is 0 Å². The van der Waals surface area contributed by atoms with E-state index in [0.717, 1.165) is 43.7 Å². The van der Waals surface area contributed by atoms with Crippen molar-refractivity contribution in [1.82, 2.24) is 5.32 Å². The van der Waals surface area contributed by atoms with E-state index in [1.807, 2.05) is 24.3 Å². The lowest BCUT2D eigenvalue weighted by Crippen LogP contribution is -2.17. The van der Waals surface area contributed by atoms with E-state index in [0.29, 0.717) is 6.10 Å². The van der Waals surface area contributed by atoms with Crippen LogP contribution in [0.3, 0.4) is 0 Å². The van der Waals surface area contributed by atoms with Gasteiger partial charge in [-0.05, 0) is 50.1 Å². The van der Waals surface area contributed by atoms with Crippen LogP contribution in [0.4, 0.5) is 0 Å². The molecule has 3 heteroatoms. The standard InChI is InChI=1S/C14H17NO2/c16-14(11-7-8-15-9-11)10-1-3-12(4-2-10)17-13-5-6-13/h1-4,11,13,15H,5-9H2. The lowest BCUT2D eigenvalue weighted by molar-refractivity contribution is 0.0930. The maximum Gasteiger partial charge on any atom is 0.167 e. The Morgan fingerprint density at radius 2 is 1.94 bits per heavy atom. The summed E-state index contributed by atoms with van der Waals surface area (Å²) in [4.78, 5) is 12.1. The largest absolute Gasteiger partial charge is 0.490 e. The lowest BCUT2D eigenvalue weighted by atomic mass is 9.97. The van der Waals surface area contributed by atoms with Crippen LogP contribution in [0.2, 0.25) is 0 Å². The van der Waals surface area contributed by atoms with E-state index in [1.165, 1.54) is 0 Å². The smallest absolute Gasteiger partial charge is 0.167 e. The molecular weight excluding hydrogens is 214 g/mol. The van der Waals surface area contributed by atoms with Crippen LogP contribution in [-0.2, 0) is 0 Å². The highest BCUT2D eigenvalue weighted by Gasteiger charge is 2.25. The molecule has 1 aliphatic heterocycles. The number of carbonyl (C=O) groups excluding carboxylic acids is 1. The summed E-state index contributed by atoms with van der Waals surface area (Å²) in [5.41, 5.74) is 0.807. The SMILES string of the molecule is O=C(c1ccc(OC2CC2)cc1)C1CCNC1. The van der Waals surface area contributed by atoms with Gasteiger partial charge >= 0.3 is 0 Å². The zero-order valence-corrected chi connectivity index (χ0v) is 9.82. The Kier molecular flexibility index (Phi) is 2.85. The Labute approximate surface area is 101 Å². The predicted molar refractivity (Wildman–Crippen MR) is 65.4 cm³/mol. The minimum Gasteiger partial charge on any atom is -0.490 e. The number of benzene rings is 1. The molecule has 0 radical (unpaired) electrons. The third-order valence-corrected chi connectivity index (χ3v) is 3.40. The zero-order chi connectivity index (χ0) is 11.7. The van der Waals surface area contributed by atoms with E-state index in [4.69, 9.17) is 4.74 Å². The van der Waals surface area contributed by atoms with Crippen molar-refractivity contribution >= 4 is 5.78 Å². The first-order valence-electron chi connectivity index (χ1n) is 6.34. The maximum absolute atomic E-state index is 12.1. The number of hydrogen-bond donors (Lipinski definition) is 1. The van der Waals surface area contributed by atoms with E-state index in [-0.39, 0.29) is 11.7 Å². The van der Waals surface area contributed by atoms with Crippen LogP contribution in [0.15, 0.2) is 24.3 Å². The van der Waals surface area contributed by atoms with Crippen LogP contribution >= 0.6 is 0 Å². The van der Waals surface area contributed by atoms with Gasteiger partial charge in [0.1, 0.15) is 5.75 Å². The van der Waals surface area contributed by atoms with Gasteiger partial charge in [-0.25, -0.2) is 0 Å². The molecule has 1 unspecified atom stereocenters. The van der Waals surface area contributed by atoms with Gasteiger partial charge in [-0.1, -0.05) is 0 Å².